The van der Waals surface area contributed by atoms with Crippen LogP contribution in [0, 0.1) is 20.8 Å². The van der Waals surface area contributed by atoms with Crippen molar-refractivity contribution in [2.45, 2.75) is 33.6 Å². The van der Waals surface area contributed by atoms with Crippen LogP contribution in [-0.2, 0) is 16.0 Å². The highest BCUT2D eigenvalue weighted by molar-refractivity contribution is 6.00. The van der Waals surface area contributed by atoms with Crippen LogP contribution in [-0.4, -0.2) is 39.7 Å². The molecule has 0 aliphatic heterocycles. The van der Waals surface area contributed by atoms with E-state index in [2.05, 4.69) is 0 Å². The zero-order valence-corrected chi connectivity index (χ0v) is 17.9. The number of carbonyl (C=O) groups excluding carboxylic acids is 2. The molecule has 0 unspecified atom stereocenters. The summed E-state index contributed by atoms with van der Waals surface area (Å²) in [7, 11) is 4.61. The summed E-state index contributed by atoms with van der Waals surface area (Å²) in [4.78, 5) is 24.6. The molecule has 0 aliphatic rings. The topological polar surface area (TPSA) is 71.1 Å². The van der Waals surface area contributed by atoms with Crippen LogP contribution in [0.1, 0.15) is 39.0 Å². The maximum absolute atomic E-state index is 12.5. The molecule has 2 rings (SSSR count). The number of carbonyl (C=O) groups is 2. The number of methoxy groups -OCH3 is 3. The molecular weight excluding hydrogens is 372 g/mol. The van der Waals surface area contributed by atoms with Gasteiger partial charge in [-0.3, -0.25) is 9.59 Å². The van der Waals surface area contributed by atoms with Gasteiger partial charge < -0.3 is 18.9 Å². The number of hydrogen-bond acceptors (Lipinski definition) is 6. The summed E-state index contributed by atoms with van der Waals surface area (Å²) in [6.07, 6.45) is 0.560. The van der Waals surface area contributed by atoms with E-state index >= 15 is 0 Å². The number of ether oxygens (including phenoxy) is 4. The largest absolute Gasteiger partial charge is 0.493 e. The molecule has 6 nitrogen and oxygen atoms in total. The van der Waals surface area contributed by atoms with Crippen LogP contribution in [0.2, 0.25) is 0 Å². The molecule has 0 spiro atoms. The minimum atomic E-state index is -0.436. The summed E-state index contributed by atoms with van der Waals surface area (Å²) in [6.45, 7) is 5.50. The Bertz CT molecular complexity index is 852. The van der Waals surface area contributed by atoms with Gasteiger partial charge in [-0.15, -0.1) is 0 Å². The molecule has 0 bridgehead atoms. The van der Waals surface area contributed by atoms with Gasteiger partial charge in [-0.25, -0.2) is 0 Å². The van der Waals surface area contributed by atoms with E-state index in [9.17, 15) is 9.59 Å². The van der Waals surface area contributed by atoms with E-state index in [1.54, 1.807) is 12.1 Å². The van der Waals surface area contributed by atoms with Gasteiger partial charge in [-0.1, -0.05) is 17.7 Å². The minimum absolute atomic E-state index is 0.137. The van der Waals surface area contributed by atoms with Crippen LogP contribution >= 0.6 is 0 Å². The monoisotopic (exact) mass is 400 g/mol. The third-order valence-electron chi connectivity index (χ3n) is 4.66. The smallest absolute Gasteiger partial charge is 0.306 e. The highest BCUT2D eigenvalue weighted by atomic mass is 16.5. The summed E-state index contributed by atoms with van der Waals surface area (Å²) in [6, 6.07) is 7.48. The maximum Gasteiger partial charge on any atom is 0.306 e. The third-order valence-corrected chi connectivity index (χ3v) is 4.66. The lowest BCUT2D eigenvalue weighted by atomic mass is 9.97. The molecule has 156 valence electrons. The number of benzene rings is 2. The zero-order valence-electron chi connectivity index (χ0n) is 17.9. The molecule has 0 amide bonds. The van der Waals surface area contributed by atoms with Crippen molar-refractivity contribution in [3.05, 3.63) is 52.1 Å². The Kier molecular flexibility index (Phi) is 7.65. The number of rotatable bonds is 9. The molecule has 0 heterocycles. The molecule has 0 aliphatic carbocycles. The highest BCUT2D eigenvalue weighted by Crippen LogP contribution is 2.38. The Hall–Kier alpha value is -3.02. The van der Waals surface area contributed by atoms with E-state index in [-0.39, 0.29) is 18.8 Å². The van der Waals surface area contributed by atoms with Gasteiger partial charge in [0.05, 0.1) is 21.3 Å². The van der Waals surface area contributed by atoms with Gasteiger partial charge in [-0.05, 0) is 56.0 Å². The quantitative estimate of drug-likeness (QED) is 0.468. The summed E-state index contributed by atoms with van der Waals surface area (Å²) in [5, 5.41) is 0. The summed E-state index contributed by atoms with van der Waals surface area (Å²) < 4.78 is 21.1. The van der Waals surface area contributed by atoms with E-state index in [0.29, 0.717) is 29.2 Å². The molecule has 0 N–H and O–H groups in total. The first-order valence-electron chi connectivity index (χ1n) is 9.36. The second-order valence-corrected chi connectivity index (χ2v) is 6.89. The zero-order chi connectivity index (χ0) is 21.6. The molecule has 2 aromatic rings. The normalized spacial score (nSPS) is 10.4. The van der Waals surface area contributed by atoms with E-state index in [0.717, 1.165) is 22.3 Å². The van der Waals surface area contributed by atoms with Crippen LogP contribution in [0.5, 0.6) is 17.2 Å². The third kappa shape index (κ3) is 5.50. The summed E-state index contributed by atoms with van der Waals surface area (Å²) >= 11 is 0. The van der Waals surface area contributed by atoms with Gasteiger partial charge in [0.1, 0.15) is 0 Å². The van der Waals surface area contributed by atoms with Crippen molar-refractivity contribution in [3.63, 3.8) is 0 Å². The molecule has 29 heavy (non-hydrogen) atoms. The van der Waals surface area contributed by atoms with Crippen LogP contribution in [0.4, 0.5) is 0 Å². The minimum Gasteiger partial charge on any atom is -0.493 e. The van der Waals surface area contributed by atoms with Crippen molar-refractivity contribution in [2.75, 3.05) is 27.9 Å². The van der Waals surface area contributed by atoms with E-state index in [1.165, 1.54) is 21.3 Å². The fourth-order valence-corrected chi connectivity index (χ4v) is 3.44. The SMILES string of the molecule is COc1cc(CCC(=O)OCC(=O)c2c(C)cc(C)cc2C)cc(OC)c1OC. The molecule has 0 radical (unpaired) electrons. The van der Waals surface area contributed by atoms with Gasteiger partial charge in [0.25, 0.3) is 0 Å². The number of esters is 1. The summed E-state index contributed by atoms with van der Waals surface area (Å²) in [5.74, 6) is 0.915. The van der Waals surface area contributed by atoms with Gasteiger partial charge in [0, 0.05) is 12.0 Å². The van der Waals surface area contributed by atoms with Gasteiger partial charge in [-0.2, -0.15) is 0 Å². The van der Waals surface area contributed by atoms with Crippen molar-refractivity contribution in [1.82, 2.24) is 0 Å². The number of ketones is 1. The van der Waals surface area contributed by atoms with E-state index in [1.807, 2.05) is 32.9 Å². The Morgan fingerprint density at radius 1 is 0.828 bits per heavy atom. The Balaban J connectivity index is 1.98. The number of Topliss-reactive ketones (excluding diaryl/α,β-unsaturated/α-hetero) is 1. The number of aryl methyl sites for hydroxylation is 4. The second kappa shape index (κ2) is 9.96. The molecule has 0 saturated heterocycles. The standard InChI is InChI=1S/C23H28O6/c1-14-9-15(2)22(16(3)10-14)18(24)13-29-21(25)8-7-17-11-19(26-4)23(28-6)20(12-17)27-5/h9-12H,7-8,13H2,1-6H3. The van der Waals surface area contributed by atoms with Crippen molar-refractivity contribution >= 4 is 11.8 Å². The predicted octanol–water partition coefficient (Wildman–Crippen LogP) is 4.00. The van der Waals surface area contributed by atoms with Crippen LogP contribution in [0.3, 0.4) is 0 Å². The first-order valence-corrected chi connectivity index (χ1v) is 9.36. The molecule has 2 aromatic carbocycles. The predicted molar refractivity (Wildman–Crippen MR) is 110 cm³/mol. The van der Waals surface area contributed by atoms with E-state index in [4.69, 9.17) is 18.9 Å². The van der Waals surface area contributed by atoms with Gasteiger partial charge in [0.15, 0.2) is 18.1 Å². The second-order valence-electron chi connectivity index (χ2n) is 6.89. The first-order chi connectivity index (χ1) is 13.8. The molecular formula is C23H28O6. The molecule has 0 atom stereocenters. The molecule has 6 heteroatoms. The van der Waals surface area contributed by atoms with Gasteiger partial charge >= 0.3 is 5.97 Å². The van der Waals surface area contributed by atoms with Crippen LogP contribution in [0.25, 0.3) is 0 Å². The lowest BCUT2D eigenvalue weighted by Crippen LogP contribution is -2.16. The van der Waals surface area contributed by atoms with Crippen molar-refractivity contribution in [3.8, 4) is 17.2 Å². The lowest BCUT2D eigenvalue weighted by Gasteiger charge is -2.14. The van der Waals surface area contributed by atoms with Crippen molar-refractivity contribution < 1.29 is 28.5 Å². The average Bonchev–Trinajstić information content (AvgIpc) is 2.68. The van der Waals surface area contributed by atoms with Crippen molar-refractivity contribution in [2.24, 2.45) is 0 Å². The Morgan fingerprint density at radius 3 is 1.86 bits per heavy atom. The molecule has 0 fully saturated rings. The van der Waals surface area contributed by atoms with Crippen LogP contribution in [0.15, 0.2) is 24.3 Å². The fourth-order valence-electron chi connectivity index (χ4n) is 3.44. The van der Waals surface area contributed by atoms with E-state index < -0.39 is 5.97 Å². The summed E-state index contributed by atoms with van der Waals surface area (Å²) in [5.41, 5.74) is 4.34. The lowest BCUT2D eigenvalue weighted by molar-refractivity contribution is -0.142. The fraction of sp³-hybridized carbons (Fsp3) is 0.391. The highest BCUT2D eigenvalue weighted by Gasteiger charge is 2.17. The molecule has 0 saturated carbocycles. The first kappa shape index (κ1) is 22.3. The molecule has 0 aromatic heterocycles. The van der Waals surface area contributed by atoms with Crippen molar-refractivity contribution in [1.29, 1.82) is 0 Å². The van der Waals surface area contributed by atoms with Gasteiger partial charge in [0.2, 0.25) is 11.5 Å². The Labute approximate surface area is 171 Å². The van der Waals surface area contributed by atoms with Crippen LogP contribution < -0.4 is 14.2 Å². The number of hydrogen-bond donors (Lipinski definition) is 0. The average molecular weight is 400 g/mol. The maximum atomic E-state index is 12.5. The Morgan fingerprint density at radius 2 is 1.38 bits per heavy atom.